The molecule has 0 saturated heterocycles. The van der Waals surface area contributed by atoms with Crippen molar-refractivity contribution >= 4 is 23.1 Å². The van der Waals surface area contributed by atoms with Crippen molar-refractivity contribution in [1.82, 2.24) is 9.66 Å². The number of aryl methyl sites for hydroxylation is 1. The van der Waals surface area contributed by atoms with Gasteiger partial charge in [-0.05, 0) is 49.4 Å². The first-order valence-corrected chi connectivity index (χ1v) is 10.6. The molecule has 0 aliphatic rings. The molecule has 0 amide bonds. The summed E-state index contributed by atoms with van der Waals surface area (Å²) >= 11 is 0. The molecule has 0 aliphatic heterocycles. The molecule has 34 heavy (non-hydrogen) atoms. The number of carbonyl (C=O) groups is 1. The Morgan fingerprint density at radius 1 is 1.00 bits per heavy atom. The number of aromatic nitrogens is 2. The molecule has 5 aromatic rings. The molecular weight excluding hydrogens is 430 g/mol. The van der Waals surface area contributed by atoms with Gasteiger partial charge in [-0.15, -0.1) is 0 Å². The van der Waals surface area contributed by atoms with E-state index in [0.717, 1.165) is 11.1 Å². The Bertz CT molecular complexity index is 1580. The van der Waals surface area contributed by atoms with Crippen molar-refractivity contribution in [2.45, 2.75) is 6.92 Å². The molecule has 0 spiro atoms. The molecule has 0 unspecified atom stereocenters. The van der Waals surface area contributed by atoms with Crippen molar-refractivity contribution in [2.24, 2.45) is 5.10 Å². The first kappa shape index (κ1) is 21.1. The van der Waals surface area contributed by atoms with Crippen molar-refractivity contribution in [3.63, 3.8) is 0 Å². The van der Waals surface area contributed by atoms with Gasteiger partial charge in [0.05, 0.1) is 23.4 Å². The van der Waals surface area contributed by atoms with Crippen LogP contribution in [-0.4, -0.2) is 21.8 Å². The number of nitrogens with zero attached hydrogens (tertiary/aromatic N) is 3. The third-order valence-electron chi connectivity index (χ3n) is 5.19. The zero-order valence-electron chi connectivity index (χ0n) is 18.2. The minimum absolute atomic E-state index is 0.0865. The molecule has 166 valence electrons. The van der Waals surface area contributed by atoms with Gasteiger partial charge in [0.15, 0.2) is 5.82 Å². The first-order chi connectivity index (χ1) is 16.6. The summed E-state index contributed by atoms with van der Waals surface area (Å²) in [4.78, 5) is 30.4. The highest BCUT2D eigenvalue weighted by molar-refractivity contribution is 5.91. The van der Waals surface area contributed by atoms with Gasteiger partial charge in [-0.25, -0.2) is 9.78 Å². The highest BCUT2D eigenvalue weighted by atomic mass is 16.5. The molecule has 0 radical (unpaired) electrons. The van der Waals surface area contributed by atoms with Crippen molar-refractivity contribution < 1.29 is 13.9 Å². The average Bonchev–Trinajstić information content (AvgIpc) is 3.40. The van der Waals surface area contributed by atoms with E-state index in [1.165, 1.54) is 23.2 Å². The fourth-order valence-electron chi connectivity index (χ4n) is 3.55. The normalized spacial score (nSPS) is 11.2. The number of hydrogen-bond donors (Lipinski definition) is 0. The van der Waals surface area contributed by atoms with Gasteiger partial charge in [0.25, 0.3) is 5.56 Å². The Morgan fingerprint density at radius 2 is 1.82 bits per heavy atom. The predicted molar refractivity (Wildman–Crippen MR) is 129 cm³/mol. The number of fused-ring (bicyclic) bond motifs is 1. The number of carbonyl (C=O) groups excluding carboxylic acids is 1. The van der Waals surface area contributed by atoms with Crippen molar-refractivity contribution in [2.75, 3.05) is 0 Å². The highest BCUT2D eigenvalue weighted by Crippen LogP contribution is 2.21. The van der Waals surface area contributed by atoms with E-state index < -0.39 is 5.97 Å². The third-order valence-corrected chi connectivity index (χ3v) is 5.19. The van der Waals surface area contributed by atoms with Crippen molar-refractivity contribution in [3.8, 4) is 17.1 Å². The number of furan rings is 1. The molecule has 0 fully saturated rings. The topological polar surface area (TPSA) is 86.7 Å². The van der Waals surface area contributed by atoms with Crippen LogP contribution in [0, 0.1) is 6.92 Å². The van der Waals surface area contributed by atoms with E-state index in [1.54, 1.807) is 48.5 Å². The first-order valence-electron chi connectivity index (χ1n) is 10.6. The Balaban J connectivity index is 1.60. The number of para-hydroxylation sites is 2. The average molecular weight is 449 g/mol. The Morgan fingerprint density at radius 3 is 2.65 bits per heavy atom. The molecule has 0 aliphatic carbocycles. The Hall–Kier alpha value is -4.78. The van der Waals surface area contributed by atoms with Crippen LogP contribution in [-0.2, 0) is 0 Å². The summed E-state index contributed by atoms with van der Waals surface area (Å²) in [5, 5.41) is 4.92. The second-order valence-electron chi connectivity index (χ2n) is 7.59. The number of hydrogen-bond acceptors (Lipinski definition) is 6. The van der Waals surface area contributed by atoms with Gasteiger partial charge in [0, 0.05) is 11.1 Å². The summed E-state index contributed by atoms with van der Waals surface area (Å²) in [6.45, 7) is 1.97. The lowest BCUT2D eigenvalue weighted by Crippen LogP contribution is -2.20. The minimum Gasteiger partial charge on any atom is -0.457 e. The van der Waals surface area contributed by atoms with Gasteiger partial charge in [-0.3, -0.25) is 4.79 Å². The molecule has 5 rings (SSSR count). The van der Waals surface area contributed by atoms with E-state index >= 15 is 0 Å². The van der Waals surface area contributed by atoms with Gasteiger partial charge in [0.2, 0.25) is 5.76 Å². The van der Waals surface area contributed by atoms with Gasteiger partial charge in [-0.1, -0.05) is 48.0 Å². The minimum atomic E-state index is -0.629. The smallest absolute Gasteiger partial charge is 0.379 e. The molecular formula is C27H19N3O4. The summed E-state index contributed by atoms with van der Waals surface area (Å²) in [6.07, 6.45) is 2.87. The number of benzene rings is 3. The van der Waals surface area contributed by atoms with E-state index in [9.17, 15) is 9.59 Å². The fourth-order valence-corrected chi connectivity index (χ4v) is 3.55. The van der Waals surface area contributed by atoms with Crippen LogP contribution in [0.15, 0.2) is 106 Å². The summed E-state index contributed by atoms with van der Waals surface area (Å²) in [5.41, 5.74) is 2.59. The standard InChI is InChI=1S/C27H19N3O4/c1-18-8-6-10-19(16-18)25-29-22-12-4-3-11-21(22)26(31)30(25)28-17-20-9-2-5-13-23(20)34-27(32)24-14-7-15-33-24/h2-17H,1H3. The van der Waals surface area contributed by atoms with E-state index in [4.69, 9.17) is 14.1 Å². The van der Waals surface area contributed by atoms with Crippen LogP contribution in [0.1, 0.15) is 21.7 Å². The zero-order valence-corrected chi connectivity index (χ0v) is 18.2. The maximum Gasteiger partial charge on any atom is 0.379 e. The SMILES string of the molecule is Cc1cccc(-c2nc3ccccc3c(=O)n2N=Cc2ccccc2OC(=O)c2ccco2)c1. The molecule has 7 nitrogen and oxygen atoms in total. The molecule has 2 aromatic heterocycles. The number of esters is 1. The number of rotatable bonds is 5. The predicted octanol–water partition coefficient (Wildman–Crippen LogP) is 5.07. The highest BCUT2D eigenvalue weighted by Gasteiger charge is 2.15. The lowest BCUT2D eigenvalue weighted by Gasteiger charge is -2.10. The maximum absolute atomic E-state index is 13.4. The lowest BCUT2D eigenvalue weighted by molar-refractivity contribution is 0.0701. The van der Waals surface area contributed by atoms with Gasteiger partial charge >= 0.3 is 5.97 Å². The summed E-state index contributed by atoms with van der Waals surface area (Å²) < 4.78 is 11.9. The van der Waals surface area contributed by atoms with Crippen LogP contribution < -0.4 is 10.3 Å². The Labute approximate surface area is 194 Å². The van der Waals surface area contributed by atoms with Crippen LogP contribution in [0.3, 0.4) is 0 Å². The van der Waals surface area contributed by atoms with Crippen LogP contribution >= 0.6 is 0 Å². The summed E-state index contributed by atoms with van der Waals surface area (Å²) in [5.74, 6) is 0.152. The van der Waals surface area contributed by atoms with Gasteiger partial charge in [0.1, 0.15) is 5.75 Å². The third kappa shape index (κ3) is 4.14. The van der Waals surface area contributed by atoms with E-state index in [0.29, 0.717) is 22.3 Å². The van der Waals surface area contributed by atoms with Crippen LogP contribution in [0.5, 0.6) is 5.75 Å². The second kappa shape index (κ2) is 8.99. The Kier molecular flexibility index (Phi) is 5.58. The van der Waals surface area contributed by atoms with Gasteiger partial charge in [-0.2, -0.15) is 9.78 Å². The largest absolute Gasteiger partial charge is 0.457 e. The van der Waals surface area contributed by atoms with Crippen LogP contribution in [0.2, 0.25) is 0 Å². The zero-order chi connectivity index (χ0) is 23.5. The summed E-state index contributed by atoms with van der Waals surface area (Å²) in [7, 11) is 0. The summed E-state index contributed by atoms with van der Waals surface area (Å²) in [6, 6.07) is 24.9. The fraction of sp³-hybridized carbons (Fsp3) is 0.0370. The van der Waals surface area contributed by atoms with E-state index in [1.807, 2.05) is 37.3 Å². The van der Waals surface area contributed by atoms with E-state index in [-0.39, 0.29) is 17.1 Å². The molecule has 0 bridgehead atoms. The lowest BCUT2D eigenvalue weighted by atomic mass is 10.1. The molecule has 0 atom stereocenters. The quantitative estimate of drug-likeness (QED) is 0.212. The molecule has 0 N–H and O–H groups in total. The van der Waals surface area contributed by atoms with Crippen molar-refractivity contribution in [3.05, 3.63) is 118 Å². The molecule has 0 saturated carbocycles. The van der Waals surface area contributed by atoms with Crippen LogP contribution in [0.4, 0.5) is 0 Å². The molecule has 7 heteroatoms. The molecule has 3 aromatic carbocycles. The maximum atomic E-state index is 13.4. The van der Waals surface area contributed by atoms with Crippen molar-refractivity contribution in [1.29, 1.82) is 0 Å². The van der Waals surface area contributed by atoms with Gasteiger partial charge < -0.3 is 9.15 Å². The monoisotopic (exact) mass is 449 g/mol. The molecule has 2 heterocycles. The van der Waals surface area contributed by atoms with E-state index in [2.05, 4.69) is 5.10 Å². The number of ether oxygens (including phenoxy) is 1. The van der Waals surface area contributed by atoms with Crippen LogP contribution in [0.25, 0.3) is 22.3 Å². The second-order valence-corrected chi connectivity index (χ2v) is 7.59.